The molecule has 88 valence electrons. The highest BCUT2D eigenvalue weighted by atomic mass is 16.5. The van der Waals surface area contributed by atoms with Gasteiger partial charge in [-0.3, -0.25) is 9.89 Å². The van der Waals surface area contributed by atoms with Crippen LogP contribution in [0.4, 0.5) is 5.82 Å². The highest BCUT2D eigenvalue weighted by Crippen LogP contribution is 2.24. The second kappa shape index (κ2) is 4.13. The van der Waals surface area contributed by atoms with Gasteiger partial charge in [-0.25, -0.2) is 0 Å². The molecule has 4 N–H and O–H groups in total. The van der Waals surface area contributed by atoms with Crippen LogP contribution in [0, 0.1) is 0 Å². The van der Waals surface area contributed by atoms with Crippen molar-refractivity contribution >= 4 is 11.7 Å². The van der Waals surface area contributed by atoms with Crippen LogP contribution in [0.2, 0.25) is 0 Å². The number of ether oxygens (including phenoxy) is 1. The van der Waals surface area contributed by atoms with Crippen molar-refractivity contribution in [2.45, 2.75) is 25.4 Å². The molecular formula is C10H16N4O2. The van der Waals surface area contributed by atoms with E-state index in [9.17, 15) is 4.79 Å². The zero-order valence-corrected chi connectivity index (χ0v) is 9.25. The summed E-state index contributed by atoms with van der Waals surface area (Å²) >= 11 is 0. The summed E-state index contributed by atoms with van der Waals surface area (Å²) in [5, 5.41) is 9.02. The monoisotopic (exact) mass is 224 g/mol. The number of H-pyrrole nitrogens is 1. The minimum absolute atomic E-state index is 0.219. The second-order valence-electron chi connectivity index (χ2n) is 4.28. The molecule has 1 aromatic heterocycles. The van der Waals surface area contributed by atoms with Crippen LogP contribution in [0.1, 0.15) is 30.1 Å². The molecule has 2 rings (SSSR count). The summed E-state index contributed by atoms with van der Waals surface area (Å²) in [7, 11) is 0. The van der Waals surface area contributed by atoms with Crippen molar-refractivity contribution in [2.75, 3.05) is 18.9 Å². The number of nitrogens with zero attached hydrogens (tertiary/aromatic N) is 1. The SMILES string of the molecule is CC1(CNC(=O)c2cn[nH]c2N)CCCO1. The number of anilines is 1. The highest BCUT2D eigenvalue weighted by molar-refractivity contribution is 5.98. The standard InChI is InChI=1S/C10H16N4O2/c1-10(3-2-4-16-10)6-12-9(15)7-5-13-14-8(7)11/h5H,2-4,6H2,1H3,(H,12,15)(H3,11,13,14). The summed E-state index contributed by atoms with van der Waals surface area (Å²) in [4.78, 5) is 11.7. The molecule has 6 heteroatoms. The predicted octanol–water partition coefficient (Wildman–Crippen LogP) is 0.291. The Morgan fingerprint density at radius 3 is 3.19 bits per heavy atom. The number of nitrogen functional groups attached to an aromatic ring is 1. The molecule has 0 spiro atoms. The van der Waals surface area contributed by atoms with E-state index >= 15 is 0 Å². The number of aromatic nitrogens is 2. The minimum atomic E-state index is -0.242. The zero-order valence-electron chi connectivity index (χ0n) is 9.25. The number of nitrogens with one attached hydrogen (secondary N) is 2. The van der Waals surface area contributed by atoms with Gasteiger partial charge in [-0.1, -0.05) is 0 Å². The molecule has 0 bridgehead atoms. The van der Waals surface area contributed by atoms with E-state index in [0.29, 0.717) is 12.1 Å². The lowest BCUT2D eigenvalue weighted by Crippen LogP contribution is -2.40. The third-order valence-corrected chi connectivity index (χ3v) is 2.84. The summed E-state index contributed by atoms with van der Waals surface area (Å²) in [6.45, 7) is 3.26. The molecule has 1 aliphatic rings. The summed E-state index contributed by atoms with van der Waals surface area (Å²) < 4.78 is 5.57. The van der Waals surface area contributed by atoms with Crippen molar-refractivity contribution in [2.24, 2.45) is 0 Å². The van der Waals surface area contributed by atoms with E-state index in [0.717, 1.165) is 19.4 Å². The molecule has 16 heavy (non-hydrogen) atoms. The van der Waals surface area contributed by atoms with Crippen LogP contribution in [0.15, 0.2) is 6.20 Å². The fourth-order valence-corrected chi connectivity index (χ4v) is 1.82. The van der Waals surface area contributed by atoms with Gasteiger partial charge in [-0.05, 0) is 19.8 Å². The van der Waals surface area contributed by atoms with Crippen molar-refractivity contribution in [3.63, 3.8) is 0 Å². The van der Waals surface area contributed by atoms with E-state index in [2.05, 4.69) is 15.5 Å². The summed E-state index contributed by atoms with van der Waals surface area (Å²) in [5.74, 6) is 0.0676. The fraction of sp³-hybridized carbons (Fsp3) is 0.600. The minimum Gasteiger partial charge on any atom is -0.383 e. The number of amides is 1. The van der Waals surface area contributed by atoms with Crippen LogP contribution in [-0.4, -0.2) is 34.9 Å². The maximum absolute atomic E-state index is 11.7. The molecule has 1 aromatic rings. The van der Waals surface area contributed by atoms with Crippen LogP contribution in [0.3, 0.4) is 0 Å². The van der Waals surface area contributed by atoms with Crippen molar-refractivity contribution in [1.29, 1.82) is 0 Å². The number of carbonyl (C=O) groups excluding carboxylic acids is 1. The first-order valence-corrected chi connectivity index (χ1v) is 5.32. The quantitative estimate of drug-likeness (QED) is 0.688. The highest BCUT2D eigenvalue weighted by Gasteiger charge is 2.30. The molecule has 1 unspecified atom stereocenters. The van der Waals surface area contributed by atoms with Crippen LogP contribution in [0.25, 0.3) is 0 Å². The Balaban J connectivity index is 1.91. The first-order chi connectivity index (χ1) is 7.61. The van der Waals surface area contributed by atoms with Gasteiger partial charge in [0.25, 0.3) is 5.91 Å². The zero-order chi connectivity index (χ0) is 11.6. The Bertz CT molecular complexity index is 382. The van der Waals surface area contributed by atoms with Gasteiger partial charge >= 0.3 is 0 Å². The van der Waals surface area contributed by atoms with Crippen molar-refractivity contribution < 1.29 is 9.53 Å². The van der Waals surface area contributed by atoms with Crippen molar-refractivity contribution in [3.05, 3.63) is 11.8 Å². The van der Waals surface area contributed by atoms with E-state index < -0.39 is 0 Å². The molecule has 6 nitrogen and oxygen atoms in total. The normalized spacial score (nSPS) is 24.6. The number of nitrogens with two attached hydrogens (primary N) is 1. The van der Waals surface area contributed by atoms with E-state index in [4.69, 9.17) is 10.5 Å². The molecule has 0 aromatic carbocycles. The van der Waals surface area contributed by atoms with Crippen molar-refractivity contribution in [3.8, 4) is 0 Å². The van der Waals surface area contributed by atoms with E-state index in [1.54, 1.807) is 0 Å². The predicted molar refractivity (Wildman–Crippen MR) is 58.9 cm³/mol. The summed E-state index contributed by atoms with van der Waals surface area (Å²) in [5.41, 5.74) is 5.68. The van der Waals surface area contributed by atoms with Gasteiger partial charge < -0.3 is 15.8 Å². The molecule has 1 amide bonds. The molecule has 1 fully saturated rings. The maximum atomic E-state index is 11.7. The van der Waals surface area contributed by atoms with Gasteiger partial charge in [0, 0.05) is 13.2 Å². The van der Waals surface area contributed by atoms with Gasteiger partial charge in [0.2, 0.25) is 0 Å². The van der Waals surface area contributed by atoms with E-state index in [1.165, 1.54) is 6.20 Å². The summed E-state index contributed by atoms with van der Waals surface area (Å²) in [6.07, 6.45) is 3.43. The molecule has 0 aliphatic carbocycles. The Morgan fingerprint density at radius 2 is 2.62 bits per heavy atom. The first kappa shape index (κ1) is 10.9. The third kappa shape index (κ3) is 2.16. The third-order valence-electron chi connectivity index (χ3n) is 2.84. The van der Waals surface area contributed by atoms with Crippen molar-refractivity contribution in [1.82, 2.24) is 15.5 Å². The molecule has 1 saturated heterocycles. The van der Waals surface area contributed by atoms with Crippen LogP contribution in [0.5, 0.6) is 0 Å². The van der Waals surface area contributed by atoms with Gasteiger partial charge in [0.15, 0.2) is 0 Å². The Labute approximate surface area is 93.5 Å². The number of carbonyl (C=O) groups is 1. The lowest BCUT2D eigenvalue weighted by atomic mass is 10.0. The van der Waals surface area contributed by atoms with Crippen LogP contribution >= 0.6 is 0 Å². The average Bonchev–Trinajstić information content (AvgIpc) is 2.85. The van der Waals surface area contributed by atoms with E-state index in [-0.39, 0.29) is 17.3 Å². The smallest absolute Gasteiger partial charge is 0.256 e. The lowest BCUT2D eigenvalue weighted by Gasteiger charge is -2.23. The Kier molecular flexibility index (Phi) is 2.82. The van der Waals surface area contributed by atoms with E-state index in [1.807, 2.05) is 6.92 Å². The Morgan fingerprint density at radius 1 is 1.81 bits per heavy atom. The number of hydrogen-bond donors (Lipinski definition) is 3. The molecule has 0 saturated carbocycles. The molecule has 1 atom stereocenters. The largest absolute Gasteiger partial charge is 0.383 e. The fourth-order valence-electron chi connectivity index (χ4n) is 1.82. The van der Waals surface area contributed by atoms with Gasteiger partial charge in [0.05, 0.1) is 11.8 Å². The number of aromatic amines is 1. The molecular weight excluding hydrogens is 208 g/mol. The van der Waals surface area contributed by atoms with Crippen LogP contribution < -0.4 is 11.1 Å². The first-order valence-electron chi connectivity index (χ1n) is 5.32. The molecule has 0 radical (unpaired) electrons. The number of hydrogen-bond acceptors (Lipinski definition) is 4. The lowest BCUT2D eigenvalue weighted by molar-refractivity contribution is 0.0206. The second-order valence-corrected chi connectivity index (χ2v) is 4.28. The average molecular weight is 224 g/mol. The van der Waals surface area contributed by atoms with Gasteiger partial charge in [-0.2, -0.15) is 5.10 Å². The molecule has 2 heterocycles. The summed E-state index contributed by atoms with van der Waals surface area (Å²) in [6, 6.07) is 0. The topological polar surface area (TPSA) is 93.0 Å². The number of rotatable bonds is 3. The van der Waals surface area contributed by atoms with Gasteiger partial charge in [0.1, 0.15) is 11.4 Å². The molecule has 1 aliphatic heterocycles. The maximum Gasteiger partial charge on any atom is 0.256 e. The van der Waals surface area contributed by atoms with Crippen LogP contribution in [-0.2, 0) is 4.74 Å². The Hall–Kier alpha value is -1.56. The van der Waals surface area contributed by atoms with Gasteiger partial charge in [-0.15, -0.1) is 0 Å².